The predicted octanol–water partition coefficient (Wildman–Crippen LogP) is 3.50. The average molecular weight is 262 g/mol. The minimum Gasteiger partial charge on any atom is -0.360 e. The standard InChI is InChI=1S/C14H15FN2O2/c1-8(2)13-7-12(17-19-13)14(18)16-11-5-4-10(15)6-9(11)3/h4-8H,1-3H3,(H,16,18). The number of halogens is 1. The number of amides is 1. The molecule has 0 spiro atoms. The van der Waals surface area contributed by atoms with Gasteiger partial charge in [0.1, 0.15) is 11.6 Å². The van der Waals surface area contributed by atoms with E-state index in [1.165, 1.54) is 18.2 Å². The molecule has 0 saturated carbocycles. The molecular weight excluding hydrogens is 247 g/mol. The van der Waals surface area contributed by atoms with Crippen LogP contribution in [0.25, 0.3) is 0 Å². The minimum absolute atomic E-state index is 0.168. The molecule has 0 atom stereocenters. The van der Waals surface area contributed by atoms with E-state index in [1.807, 2.05) is 13.8 Å². The summed E-state index contributed by atoms with van der Waals surface area (Å²) in [6.07, 6.45) is 0. The van der Waals surface area contributed by atoms with Gasteiger partial charge in [0.15, 0.2) is 5.69 Å². The van der Waals surface area contributed by atoms with Gasteiger partial charge in [0, 0.05) is 17.7 Å². The molecule has 2 rings (SSSR count). The van der Waals surface area contributed by atoms with Gasteiger partial charge in [-0.25, -0.2) is 4.39 Å². The Morgan fingerprint density at radius 2 is 2.11 bits per heavy atom. The van der Waals surface area contributed by atoms with Gasteiger partial charge in [0.25, 0.3) is 5.91 Å². The normalized spacial score (nSPS) is 10.8. The number of carbonyl (C=O) groups excluding carboxylic acids is 1. The second-order valence-corrected chi connectivity index (χ2v) is 4.68. The van der Waals surface area contributed by atoms with Gasteiger partial charge in [-0.3, -0.25) is 4.79 Å². The second-order valence-electron chi connectivity index (χ2n) is 4.68. The number of aryl methyl sites for hydroxylation is 1. The highest BCUT2D eigenvalue weighted by Crippen LogP contribution is 2.18. The quantitative estimate of drug-likeness (QED) is 0.921. The zero-order chi connectivity index (χ0) is 14.0. The van der Waals surface area contributed by atoms with E-state index >= 15 is 0 Å². The molecule has 1 N–H and O–H groups in total. The molecule has 5 heteroatoms. The Labute approximate surface area is 110 Å². The third kappa shape index (κ3) is 2.99. The lowest BCUT2D eigenvalue weighted by Crippen LogP contribution is -2.13. The predicted molar refractivity (Wildman–Crippen MR) is 69.7 cm³/mol. The lowest BCUT2D eigenvalue weighted by Gasteiger charge is -2.06. The fourth-order valence-electron chi connectivity index (χ4n) is 1.62. The number of nitrogens with zero attached hydrogens (tertiary/aromatic N) is 1. The van der Waals surface area contributed by atoms with Crippen LogP contribution in [0, 0.1) is 12.7 Å². The van der Waals surface area contributed by atoms with Crippen LogP contribution in [0.4, 0.5) is 10.1 Å². The minimum atomic E-state index is -0.370. The van der Waals surface area contributed by atoms with Crippen molar-refractivity contribution in [2.75, 3.05) is 5.32 Å². The van der Waals surface area contributed by atoms with Gasteiger partial charge in [0.05, 0.1) is 0 Å². The number of hydrogen-bond donors (Lipinski definition) is 1. The SMILES string of the molecule is Cc1cc(F)ccc1NC(=O)c1cc(C(C)C)on1. The third-order valence-corrected chi connectivity index (χ3v) is 2.77. The lowest BCUT2D eigenvalue weighted by atomic mass is 10.1. The molecule has 2 aromatic rings. The topological polar surface area (TPSA) is 55.1 Å². The van der Waals surface area contributed by atoms with Crippen LogP contribution in [0.3, 0.4) is 0 Å². The van der Waals surface area contributed by atoms with Gasteiger partial charge in [-0.1, -0.05) is 19.0 Å². The highest BCUT2D eigenvalue weighted by atomic mass is 19.1. The van der Waals surface area contributed by atoms with Crippen molar-refractivity contribution in [3.63, 3.8) is 0 Å². The fraction of sp³-hybridized carbons (Fsp3) is 0.286. The first-order chi connectivity index (χ1) is 8.97. The van der Waals surface area contributed by atoms with E-state index in [-0.39, 0.29) is 23.3 Å². The molecule has 0 unspecified atom stereocenters. The van der Waals surface area contributed by atoms with Crippen LogP contribution < -0.4 is 5.32 Å². The highest BCUT2D eigenvalue weighted by Gasteiger charge is 2.15. The van der Waals surface area contributed by atoms with Crippen molar-refractivity contribution in [1.29, 1.82) is 0 Å². The Morgan fingerprint density at radius 3 is 2.68 bits per heavy atom. The Kier molecular flexibility index (Phi) is 3.64. The van der Waals surface area contributed by atoms with E-state index in [9.17, 15) is 9.18 Å². The number of aromatic nitrogens is 1. The van der Waals surface area contributed by atoms with Crippen molar-refractivity contribution < 1.29 is 13.7 Å². The van der Waals surface area contributed by atoms with Crippen molar-refractivity contribution >= 4 is 11.6 Å². The zero-order valence-corrected chi connectivity index (χ0v) is 11.0. The molecule has 1 amide bonds. The van der Waals surface area contributed by atoms with Crippen molar-refractivity contribution in [3.05, 3.63) is 47.1 Å². The monoisotopic (exact) mass is 262 g/mol. The molecule has 1 aromatic heterocycles. The van der Waals surface area contributed by atoms with E-state index < -0.39 is 0 Å². The van der Waals surface area contributed by atoms with Gasteiger partial charge >= 0.3 is 0 Å². The molecule has 0 aliphatic rings. The van der Waals surface area contributed by atoms with Crippen LogP contribution >= 0.6 is 0 Å². The molecule has 19 heavy (non-hydrogen) atoms. The smallest absolute Gasteiger partial charge is 0.277 e. The maximum Gasteiger partial charge on any atom is 0.277 e. The molecular formula is C14H15FN2O2. The first kappa shape index (κ1) is 13.3. The molecule has 0 radical (unpaired) electrons. The van der Waals surface area contributed by atoms with Crippen molar-refractivity contribution in [2.24, 2.45) is 0 Å². The van der Waals surface area contributed by atoms with Gasteiger partial charge in [-0.2, -0.15) is 0 Å². The summed E-state index contributed by atoms with van der Waals surface area (Å²) >= 11 is 0. The average Bonchev–Trinajstić information content (AvgIpc) is 2.82. The van der Waals surface area contributed by atoms with E-state index in [0.29, 0.717) is 17.0 Å². The largest absolute Gasteiger partial charge is 0.360 e. The number of anilines is 1. The summed E-state index contributed by atoms with van der Waals surface area (Å²) in [4.78, 5) is 12.0. The Balaban J connectivity index is 2.16. The van der Waals surface area contributed by atoms with Crippen LogP contribution in [0.15, 0.2) is 28.8 Å². The van der Waals surface area contributed by atoms with Crippen LogP contribution in [0.1, 0.15) is 41.6 Å². The highest BCUT2D eigenvalue weighted by molar-refractivity contribution is 6.03. The summed E-state index contributed by atoms with van der Waals surface area (Å²) in [5, 5.41) is 6.40. The maximum absolute atomic E-state index is 13.0. The van der Waals surface area contributed by atoms with Gasteiger partial charge in [0.2, 0.25) is 0 Å². The van der Waals surface area contributed by atoms with E-state index in [1.54, 1.807) is 13.0 Å². The summed E-state index contributed by atoms with van der Waals surface area (Å²) in [6, 6.07) is 5.79. The summed E-state index contributed by atoms with van der Waals surface area (Å²) < 4.78 is 18.0. The van der Waals surface area contributed by atoms with E-state index in [2.05, 4.69) is 10.5 Å². The lowest BCUT2D eigenvalue weighted by molar-refractivity contribution is 0.101. The first-order valence-electron chi connectivity index (χ1n) is 6.01. The van der Waals surface area contributed by atoms with E-state index in [0.717, 1.165) is 0 Å². The fourth-order valence-corrected chi connectivity index (χ4v) is 1.62. The summed E-state index contributed by atoms with van der Waals surface area (Å²) in [6.45, 7) is 5.62. The van der Waals surface area contributed by atoms with Gasteiger partial charge < -0.3 is 9.84 Å². The number of carbonyl (C=O) groups is 1. The van der Waals surface area contributed by atoms with E-state index in [4.69, 9.17) is 4.52 Å². The van der Waals surface area contributed by atoms with Crippen LogP contribution in [-0.4, -0.2) is 11.1 Å². The molecule has 0 fully saturated rings. The summed E-state index contributed by atoms with van der Waals surface area (Å²) in [5.74, 6) is 0.118. The molecule has 0 bridgehead atoms. The van der Waals surface area contributed by atoms with Crippen molar-refractivity contribution in [3.8, 4) is 0 Å². The Bertz CT molecular complexity index is 605. The van der Waals surface area contributed by atoms with Gasteiger partial charge in [-0.05, 0) is 30.7 Å². The molecule has 0 aliphatic carbocycles. The first-order valence-corrected chi connectivity index (χ1v) is 6.01. The van der Waals surface area contributed by atoms with Crippen LogP contribution in [-0.2, 0) is 0 Å². The molecule has 100 valence electrons. The van der Waals surface area contributed by atoms with Crippen LogP contribution in [0.5, 0.6) is 0 Å². The second kappa shape index (κ2) is 5.22. The molecule has 0 aliphatic heterocycles. The Morgan fingerprint density at radius 1 is 1.37 bits per heavy atom. The summed E-state index contributed by atoms with van der Waals surface area (Å²) in [7, 11) is 0. The van der Waals surface area contributed by atoms with Gasteiger partial charge in [-0.15, -0.1) is 0 Å². The van der Waals surface area contributed by atoms with Crippen LogP contribution in [0.2, 0.25) is 0 Å². The number of nitrogens with one attached hydrogen (secondary N) is 1. The van der Waals surface area contributed by atoms with Crippen molar-refractivity contribution in [2.45, 2.75) is 26.7 Å². The molecule has 0 saturated heterocycles. The zero-order valence-electron chi connectivity index (χ0n) is 11.0. The maximum atomic E-state index is 13.0. The number of hydrogen-bond acceptors (Lipinski definition) is 3. The molecule has 1 aromatic carbocycles. The summed E-state index contributed by atoms with van der Waals surface area (Å²) in [5.41, 5.74) is 1.42. The van der Waals surface area contributed by atoms with Crippen molar-refractivity contribution in [1.82, 2.24) is 5.16 Å². The number of benzene rings is 1. The Hall–Kier alpha value is -2.17. The molecule has 4 nitrogen and oxygen atoms in total. The molecule has 1 heterocycles. The third-order valence-electron chi connectivity index (χ3n) is 2.77. The number of rotatable bonds is 3.